The quantitative estimate of drug-likeness (QED) is 0.535. The van der Waals surface area contributed by atoms with Crippen LogP contribution >= 0.6 is 11.6 Å². The molecule has 0 spiro atoms. The summed E-state index contributed by atoms with van der Waals surface area (Å²) in [5, 5.41) is 9.65. The summed E-state index contributed by atoms with van der Waals surface area (Å²) in [6.07, 6.45) is -3.31. The Morgan fingerprint density at radius 1 is 1.26 bits per heavy atom. The van der Waals surface area contributed by atoms with Crippen molar-refractivity contribution in [2.45, 2.75) is 13.1 Å². The third-order valence-electron chi connectivity index (χ3n) is 5.72. The highest BCUT2D eigenvalue weighted by Gasteiger charge is 2.38. The Morgan fingerprint density at radius 2 is 2.03 bits per heavy atom. The van der Waals surface area contributed by atoms with Gasteiger partial charge in [-0.25, -0.2) is 15.0 Å². The average Bonchev–Trinajstić information content (AvgIpc) is 2.94. The molecule has 3 aromatic rings. The highest BCUT2D eigenvalue weighted by Crippen LogP contribution is 2.47. The summed E-state index contributed by atoms with van der Waals surface area (Å²) in [6, 6.07) is 2.65. The fourth-order valence-electron chi connectivity index (χ4n) is 4.10. The lowest BCUT2D eigenvalue weighted by atomic mass is 9.99. The maximum absolute atomic E-state index is 13.9. The van der Waals surface area contributed by atoms with E-state index in [1.807, 2.05) is 16.8 Å². The molecule has 1 aromatic carbocycles. The predicted molar refractivity (Wildman–Crippen MR) is 124 cm³/mol. The molecular formula is C22H24ClF3N6O2. The van der Waals surface area contributed by atoms with Gasteiger partial charge in [0.1, 0.15) is 24.6 Å². The molecule has 1 aliphatic rings. The number of halogens is 4. The minimum absolute atomic E-state index is 0.00852. The van der Waals surface area contributed by atoms with Gasteiger partial charge < -0.3 is 25.4 Å². The van der Waals surface area contributed by atoms with E-state index in [9.17, 15) is 13.2 Å². The number of ether oxygens (including phenoxy) is 1. The molecule has 2 aromatic heterocycles. The van der Waals surface area contributed by atoms with Crippen LogP contribution in [0.15, 0.2) is 18.5 Å². The van der Waals surface area contributed by atoms with Gasteiger partial charge in [0, 0.05) is 25.2 Å². The maximum atomic E-state index is 13.9. The second-order valence-corrected chi connectivity index (χ2v) is 8.48. The zero-order valence-corrected chi connectivity index (χ0v) is 19.4. The van der Waals surface area contributed by atoms with Crippen molar-refractivity contribution in [2.24, 2.45) is 0 Å². The van der Waals surface area contributed by atoms with Crippen LogP contribution in [0.25, 0.3) is 22.2 Å². The van der Waals surface area contributed by atoms with Crippen molar-refractivity contribution in [2.75, 3.05) is 57.1 Å². The molecule has 0 saturated heterocycles. The Bertz CT molecular complexity index is 1220. The number of hydrogen-bond acceptors (Lipinski definition) is 8. The number of aliphatic hydroxyl groups excluding tert-OH is 1. The summed E-state index contributed by atoms with van der Waals surface area (Å²) in [5.41, 5.74) is 4.87. The van der Waals surface area contributed by atoms with Crippen LogP contribution in [-0.2, 0) is 6.18 Å². The van der Waals surface area contributed by atoms with E-state index in [-0.39, 0.29) is 46.6 Å². The first-order valence-electron chi connectivity index (χ1n) is 10.6. The number of pyridine rings is 1. The van der Waals surface area contributed by atoms with Crippen molar-refractivity contribution in [3.05, 3.63) is 34.6 Å². The van der Waals surface area contributed by atoms with Gasteiger partial charge >= 0.3 is 6.18 Å². The number of aliphatic hydroxyl groups is 1. The van der Waals surface area contributed by atoms with E-state index in [4.69, 9.17) is 27.2 Å². The molecule has 3 N–H and O–H groups in total. The molecule has 8 nitrogen and oxygen atoms in total. The van der Waals surface area contributed by atoms with Gasteiger partial charge in [-0.05, 0) is 31.7 Å². The monoisotopic (exact) mass is 496 g/mol. The third-order valence-corrected chi connectivity index (χ3v) is 6.09. The fraction of sp³-hybridized carbons (Fsp3) is 0.409. The number of nitrogens with two attached hydrogens (primary N) is 1. The fourth-order valence-corrected chi connectivity index (χ4v) is 4.40. The first kappa shape index (κ1) is 24.2. The van der Waals surface area contributed by atoms with Crippen molar-refractivity contribution in [3.63, 3.8) is 0 Å². The van der Waals surface area contributed by atoms with Gasteiger partial charge in [-0.15, -0.1) is 0 Å². The smallest absolute Gasteiger partial charge is 0.418 e. The number of nitrogens with zero attached hydrogens (tertiary/aromatic N) is 5. The molecule has 34 heavy (non-hydrogen) atoms. The van der Waals surface area contributed by atoms with E-state index >= 15 is 0 Å². The summed E-state index contributed by atoms with van der Waals surface area (Å²) in [5.74, 6) is 0.743. The zero-order chi connectivity index (χ0) is 24.6. The van der Waals surface area contributed by atoms with E-state index < -0.39 is 11.7 Å². The van der Waals surface area contributed by atoms with Crippen molar-refractivity contribution >= 4 is 34.1 Å². The largest absolute Gasteiger partial charge is 0.489 e. The maximum Gasteiger partial charge on any atom is 0.418 e. The van der Waals surface area contributed by atoms with Gasteiger partial charge in [0.2, 0.25) is 0 Å². The molecule has 0 aliphatic carbocycles. The number of aryl methyl sites for hydroxylation is 1. The SMILES string of the molecule is Cc1cc(N)nc(-c2cc3ncnc4c3c(c2Cl)OCCN4CCN(C)CCO)c1C(F)(F)F. The predicted octanol–water partition coefficient (Wildman–Crippen LogP) is 3.38. The first-order valence-corrected chi connectivity index (χ1v) is 11.0. The molecule has 3 heterocycles. The van der Waals surface area contributed by atoms with E-state index in [1.165, 1.54) is 25.4 Å². The Labute approximate surface area is 199 Å². The summed E-state index contributed by atoms with van der Waals surface area (Å²) in [7, 11) is 1.90. The molecule has 0 unspecified atom stereocenters. The van der Waals surface area contributed by atoms with E-state index in [0.29, 0.717) is 42.9 Å². The molecule has 0 atom stereocenters. The minimum atomic E-state index is -4.67. The van der Waals surface area contributed by atoms with Crippen molar-refractivity contribution in [1.82, 2.24) is 19.9 Å². The van der Waals surface area contributed by atoms with E-state index in [0.717, 1.165) is 0 Å². The van der Waals surface area contributed by atoms with Gasteiger partial charge in [0.25, 0.3) is 0 Å². The lowest BCUT2D eigenvalue weighted by Crippen LogP contribution is -2.36. The lowest BCUT2D eigenvalue weighted by molar-refractivity contribution is -0.137. The molecule has 0 bridgehead atoms. The molecule has 0 radical (unpaired) electrons. The summed E-state index contributed by atoms with van der Waals surface area (Å²) in [4.78, 5) is 16.7. The molecule has 0 saturated carbocycles. The topological polar surface area (TPSA) is 101 Å². The van der Waals surface area contributed by atoms with Gasteiger partial charge in [0.15, 0.2) is 5.75 Å². The Morgan fingerprint density at radius 3 is 2.74 bits per heavy atom. The van der Waals surface area contributed by atoms with Gasteiger partial charge in [0.05, 0.1) is 40.3 Å². The van der Waals surface area contributed by atoms with Crippen LogP contribution in [0.2, 0.25) is 5.02 Å². The Kier molecular flexibility index (Phi) is 6.70. The van der Waals surface area contributed by atoms with Crippen LogP contribution in [-0.4, -0.2) is 71.4 Å². The number of aromatic nitrogens is 3. The number of nitrogen functional groups attached to an aromatic ring is 1. The van der Waals surface area contributed by atoms with Gasteiger partial charge in [-0.2, -0.15) is 13.2 Å². The summed E-state index contributed by atoms with van der Waals surface area (Å²) in [6.45, 7) is 3.90. The molecule has 1 aliphatic heterocycles. The number of hydrogen-bond donors (Lipinski definition) is 2. The molecule has 4 rings (SSSR count). The first-order chi connectivity index (χ1) is 16.1. The number of anilines is 2. The van der Waals surface area contributed by atoms with Crippen LogP contribution in [0.1, 0.15) is 11.1 Å². The lowest BCUT2D eigenvalue weighted by Gasteiger charge is -2.25. The molecule has 0 amide bonds. The number of likely N-dealkylation sites (N-methyl/N-ethyl adjacent to an activating group) is 1. The normalized spacial score (nSPS) is 13.9. The van der Waals surface area contributed by atoms with Gasteiger partial charge in [-0.3, -0.25) is 0 Å². The highest BCUT2D eigenvalue weighted by atomic mass is 35.5. The molecule has 0 fully saturated rings. The highest BCUT2D eigenvalue weighted by molar-refractivity contribution is 6.36. The molecule has 12 heteroatoms. The van der Waals surface area contributed by atoms with Gasteiger partial charge in [-0.1, -0.05) is 11.6 Å². The standard InChI is InChI=1S/C22H24ClF3N6O2/c1-12-9-15(27)30-19(17(12)22(24,25)26)13-10-14-16-20(18(13)23)34-8-6-32(21(16)29-11-28-14)4-3-31(2)5-7-33/h9-11,33H,3-8H2,1-2H3,(H2,27,30). The van der Waals surface area contributed by atoms with Crippen LogP contribution in [0.5, 0.6) is 5.75 Å². The van der Waals surface area contributed by atoms with Crippen LogP contribution < -0.4 is 15.4 Å². The van der Waals surface area contributed by atoms with Crippen molar-refractivity contribution < 1.29 is 23.0 Å². The summed E-state index contributed by atoms with van der Waals surface area (Å²) < 4.78 is 47.8. The number of alkyl halides is 3. The Hall–Kier alpha value is -2.89. The Balaban J connectivity index is 1.88. The van der Waals surface area contributed by atoms with E-state index in [2.05, 4.69) is 15.0 Å². The second-order valence-electron chi connectivity index (χ2n) is 8.11. The van der Waals surface area contributed by atoms with Crippen LogP contribution in [0.3, 0.4) is 0 Å². The molecular weight excluding hydrogens is 473 g/mol. The third kappa shape index (κ3) is 4.55. The van der Waals surface area contributed by atoms with E-state index in [1.54, 1.807) is 0 Å². The molecule has 182 valence electrons. The zero-order valence-electron chi connectivity index (χ0n) is 18.7. The second kappa shape index (κ2) is 9.40. The van der Waals surface area contributed by atoms with Crippen molar-refractivity contribution in [3.8, 4) is 17.0 Å². The number of rotatable bonds is 6. The van der Waals surface area contributed by atoms with Crippen LogP contribution in [0.4, 0.5) is 24.8 Å². The summed E-state index contributed by atoms with van der Waals surface area (Å²) >= 11 is 6.66. The van der Waals surface area contributed by atoms with Crippen LogP contribution in [0, 0.1) is 6.92 Å². The minimum Gasteiger partial charge on any atom is -0.489 e. The van der Waals surface area contributed by atoms with Crippen molar-refractivity contribution in [1.29, 1.82) is 0 Å². The number of benzene rings is 1. The average molecular weight is 497 g/mol.